The summed E-state index contributed by atoms with van der Waals surface area (Å²) in [5.74, 6) is -1.06. The van der Waals surface area contributed by atoms with Gasteiger partial charge in [-0.1, -0.05) is 30.3 Å². The van der Waals surface area contributed by atoms with Crippen LogP contribution in [0.25, 0.3) is 0 Å². The van der Waals surface area contributed by atoms with Gasteiger partial charge in [-0.25, -0.2) is 8.42 Å². The number of carbonyl (C=O) groups excluding carboxylic acids is 2. The van der Waals surface area contributed by atoms with Gasteiger partial charge in [-0.05, 0) is 11.6 Å². The highest BCUT2D eigenvalue weighted by molar-refractivity contribution is 7.88. The lowest BCUT2D eigenvalue weighted by Gasteiger charge is -2.37. The third-order valence-corrected chi connectivity index (χ3v) is 5.90. The van der Waals surface area contributed by atoms with Crippen LogP contribution < -0.4 is 16.2 Å². The minimum atomic E-state index is -3.28. The number of amides is 2. The van der Waals surface area contributed by atoms with E-state index in [2.05, 4.69) is 10.6 Å². The molecule has 2 N–H and O–H groups in total. The maximum Gasteiger partial charge on any atom is 0.263 e. The lowest BCUT2D eigenvalue weighted by molar-refractivity contribution is 0.0895. The van der Waals surface area contributed by atoms with Gasteiger partial charge in [0.2, 0.25) is 10.0 Å². The van der Waals surface area contributed by atoms with E-state index in [-0.39, 0.29) is 36.8 Å². The first-order valence-corrected chi connectivity index (χ1v) is 10.8. The van der Waals surface area contributed by atoms with Crippen molar-refractivity contribution in [3.05, 3.63) is 69.6 Å². The monoisotopic (exact) mass is 418 g/mol. The number of sulfonamides is 1. The first-order chi connectivity index (χ1) is 13.7. The van der Waals surface area contributed by atoms with Gasteiger partial charge in [-0.2, -0.15) is 4.31 Å². The van der Waals surface area contributed by atoms with Crippen molar-refractivity contribution in [1.29, 1.82) is 0 Å². The van der Waals surface area contributed by atoms with Crippen molar-refractivity contribution in [3.63, 3.8) is 0 Å². The Balaban J connectivity index is 1.86. The zero-order chi connectivity index (χ0) is 21.2. The summed E-state index contributed by atoms with van der Waals surface area (Å²) >= 11 is 0. The van der Waals surface area contributed by atoms with Gasteiger partial charge in [-0.3, -0.25) is 14.4 Å². The molecule has 1 aromatic carbocycles. The van der Waals surface area contributed by atoms with Crippen LogP contribution in [-0.2, 0) is 16.6 Å². The second kappa shape index (κ2) is 8.18. The van der Waals surface area contributed by atoms with Crippen LogP contribution in [0.2, 0.25) is 0 Å². The number of nitrogens with one attached hydrogen (secondary N) is 2. The zero-order valence-corrected chi connectivity index (χ0v) is 16.9. The summed E-state index contributed by atoms with van der Waals surface area (Å²) in [7, 11) is -1.88. The quantitative estimate of drug-likeness (QED) is 0.664. The molecule has 29 heavy (non-hydrogen) atoms. The van der Waals surface area contributed by atoms with Crippen LogP contribution in [0.3, 0.4) is 0 Å². The molecule has 1 aromatic heterocycles. The highest BCUT2D eigenvalue weighted by atomic mass is 32.2. The minimum absolute atomic E-state index is 0.137. The smallest absolute Gasteiger partial charge is 0.263 e. The molecule has 1 aliphatic heterocycles. The molecule has 3 rings (SSSR count). The van der Waals surface area contributed by atoms with Crippen molar-refractivity contribution in [1.82, 2.24) is 19.5 Å². The molecule has 2 amide bonds. The van der Waals surface area contributed by atoms with Gasteiger partial charge in [0.25, 0.3) is 17.4 Å². The van der Waals surface area contributed by atoms with Crippen LogP contribution in [0.5, 0.6) is 0 Å². The molecule has 0 atom stereocenters. The van der Waals surface area contributed by atoms with E-state index in [1.807, 2.05) is 30.3 Å². The lowest BCUT2D eigenvalue weighted by Crippen LogP contribution is -2.60. The van der Waals surface area contributed by atoms with Crippen LogP contribution in [0, 0.1) is 0 Å². The Morgan fingerprint density at radius 2 is 1.79 bits per heavy atom. The Morgan fingerprint density at radius 3 is 2.38 bits per heavy atom. The van der Waals surface area contributed by atoms with Crippen molar-refractivity contribution in [2.24, 2.45) is 0 Å². The summed E-state index contributed by atoms with van der Waals surface area (Å²) in [5, 5.41) is 5.14. The predicted octanol–water partition coefficient (Wildman–Crippen LogP) is -0.370. The molecule has 0 unspecified atom stereocenters. The normalized spacial score (nSPS) is 14.8. The first-order valence-electron chi connectivity index (χ1n) is 8.95. The Bertz CT molecular complexity index is 1090. The van der Waals surface area contributed by atoms with E-state index < -0.39 is 27.4 Å². The van der Waals surface area contributed by atoms with Gasteiger partial charge in [0.1, 0.15) is 5.56 Å². The van der Waals surface area contributed by atoms with Gasteiger partial charge in [-0.15, -0.1) is 0 Å². The topological polar surface area (TPSA) is 118 Å². The number of pyridine rings is 1. The van der Waals surface area contributed by atoms with Crippen molar-refractivity contribution in [2.45, 2.75) is 12.6 Å². The van der Waals surface area contributed by atoms with E-state index in [0.717, 1.165) is 11.8 Å². The lowest BCUT2D eigenvalue weighted by atomic mass is 10.1. The zero-order valence-electron chi connectivity index (χ0n) is 16.1. The molecular formula is C19H22N4O5S. The van der Waals surface area contributed by atoms with E-state index in [4.69, 9.17) is 0 Å². The molecule has 0 spiro atoms. The molecule has 154 valence electrons. The average molecular weight is 418 g/mol. The number of benzene rings is 1. The van der Waals surface area contributed by atoms with Crippen molar-refractivity contribution in [3.8, 4) is 0 Å². The Kier molecular flexibility index (Phi) is 5.85. The molecule has 0 radical (unpaired) electrons. The fraction of sp³-hybridized carbons (Fsp3) is 0.316. The predicted molar refractivity (Wildman–Crippen MR) is 107 cm³/mol. The van der Waals surface area contributed by atoms with Gasteiger partial charge >= 0.3 is 0 Å². The van der Waals surface area contributed by atoms with Crippen molar-refractivity contribution in [2.75, 3.05) is 26.4 Å². The number of rotatable bonds is 6. The SMILES string of the molecule is CNC(=O)c1cc(C(=O)NC2CN(S(C)(=O)=O)C2)cn(Cc2ccccc2)c1=O. The molecule has 2 heterocycles. The van der Waals surface area contributed by atoms with E-state index in [1.54, 1.807) is 0 Å². The van der Waals surface area contributed by atoms with Gasteiger partial charge in [0.05, 0.1) is 24.4 Å². The molecule has 10 heteroatoms. The minimum Gasteiger partial charge on any atom is -0.355 e. The molecule has 1 aliphatic rings. The molecule has 0 bridgehead atoms. The summed E-state index contributed by atoms with van der Waals surface area (Å²) in [5.41, 5.74) is 0.355. The third kappa shape index (κ3) is 4.72. The number of nitrogens with zero attached hydrogens (tertiary/aromatic N) is 2. The maximum atomic E-state index is 12.7. The fourth-order valence-corrected chi connectivity index (χ4v) is 3.93. The Labute approximate surface area is 168 Å². The van der Waals surface area contributed by atoms with Crippen molar-refractivity contribution < 1.29 is 18.0 Å². The summed E-state index contributed by atoms with van der Waals surface area (Å²) in [4.78, 5) is 37.5. The maximum absolute atomic E-state index is 12.7. The summed E-state index contributed by atoms with van der Waals surface area (Å²) in [6.45, 7) is 0.586. The number of hydrogen-bond acceptors (Lipinski definition) is 5. The highest BCUT2D eigenvalue weighted by Gasteiger charge is 2.34. The molecule has 0 aliphatic carbocycles. The average Bonchev–Trinajstić information content (AvgIpc) is 2.65. The molecule has 0 saturated carbocycles. The van der Waals surface area contributed by atoms with Crippen molar-refractivity contribution >= 4 is 21.8 Å². The summed E-state index contributed by atoms with van der Waals surface area (Å²) < 4.78 is 25.5. The number of carbonyl (C=O) groups is 2. The van der Waals surface area contributed by atoms with Gasteiger partial charge < -0.3 is 15.2 Å². The molecule has 1 saturated heterocycles. The standard InChI is InChI=1S/C19H22N4O5S/c1-20-18(25)16-8-14(17(24)21-15-11-23(12-15)29(2,27)28)10-22(19(16)26)9-13-6-4-3-5-7-13/h3-8,10,15H,9,11-12H2,1-2H3,(H,20,25)(H,21,24). The first kappa shape index (κ1) is 20.7. The van der Waals surface area contributed by atoms with E-state index in [1.165, 1.54) is 28.2 Å². The number of hydrogen-bond donors (Lipinski definition) is 2. The van der Waals surface area contributed by atoms with Crippen LogP contribution in [0.1, 0.15) is 26.3 Å². The van der Waals surface area contributed by atoms with Crippen LogP contribution in [0.15, 0.2) is 47.4 Å². The van der Waals surface area contributed by atoms with Gasteiger partial charge in [0, 0.05) is 26.3 Å². The molecule has 1 fully saturated rings. The second-order valence-electron chi connectivity index (χ2n) is 6.89. The van der Waals surface area contributed by atoms with E-state index in [9.17, 15) is 22.8 Å². The van der Waals surface area contributed by atoms with Crippen LogP contribution in [-0.4, -0.2) is 61.5 Å². The van der Waals surface area contributed by atoms with E-state index >= 15 is 0 Å². The fourth-order valence-electron chi connectivity index (χ4n) is 3.02. The number of aromatic nitrogens is 1. The van der Waals surface area contributed by atoms with Gasteiger partial charge in [0.15, 0.2) is 0 Å². The second-order valence-corrected chi connectivity index (χ2v) is 8.87. The van der Waals surface area contributed by atoms with Crippen LogP contribution in [0.4, 0.5) is 0 Å². The largest absolute Gasteiger partial charge is 0.355 e. The molecule has 2 aromatic rings. The summed E-state index contributed by atoms with van der Waals surface area (Å²) in [6, 6.07) is 10.1. The molecule has 9 nitrogen and oxygen atoms in total. The Morgan fingerprint density at radius 1 is 1.14 bits per heavy atom. The highest BCUT2D eigenvalue weighted by Crippen LogP contribution is 2.13. The van der Waals surface area contributed by atoms with E-state index in [0.29, 0.717) is 0 Å². The molecular weight excluding hydrogens is 396 g/mol. The Hall–Kier alpha value is -2.98. The third-order valence-electron chi connectivity index (χ3n) is 4.67. The summed E-state index contributed by atoms with van der Waals surface area (Å²) in [6.07, 6.45) is 2.52. The van der Waals surface area contributed by atoms with Crippen LogP contribution >= 0.6 is 0 Å².